The topological polar surface area (TPSA) is 48.1 Å². The molecule has 0 aliphatic carbocycles. The number of hydrogen-bond donors (Lipinski definition) is 2. The van der Waals surface area contributed by atoms with Gasteiger partial charge in [-0.2, -0.15) is 0 Å². The van der Waals surface area contributed by atoms with Gasteiger partial charge in [0.15, 0.2) is 0 Å². The molecule has 0 aliphatic heterocycles. The van der Waals surface area contributed by atoms with Crippen molar-refractivity contribution in [1.82, 2.24) is 4.98 Å². The van der Waals surface area contributed by atoms with Crippen LogP contribution in [0.1, 0.15) is 25.8 Å². The molecule has 1 aromatic heterocycles. The Balaban J connectivity index is 1.57. The van der Waals surface area contributed by atoms with Crippen molar-refractivity contribution in [3.63, 3.8) is 0 Å². The second-order valence-corrected chi connectivity index (χ2v) is 6.13. The predicted octanol–water partition coefficient (Wildman–Crippen LogP) is 4.59. The van der Waals surface area contributed by atoms with E-state index in [-0.39, 0.29) is 5.91 Å². The Labute approximate surface area is 148 Å². The summed E-state index contributed by atoms with van der Waals surface area (Å²) in [5.74, 6) is 0.0425. The third-order valence-electron chi connectivity index (χ3n) is 4.58. The molecule has 0 saturated heterocycles. The number of nitrogens with zero attached hydrogens (tertiary/aromatic N) is 1. The third kappa shape index (κ3) is 4.02. The summed E-state index contributed by atoms with van der Waals surface area (Å²) in [5.41, 5.74) is 4.33. The lowest BCUT2D eigenvalue weighted by Gasteiger charge is -2.21. The van der Waals surface area contributed by atoms with E-state index in [4.69, 9.17) is 0 Å². The van der Waals surface area contributed by atoms with Gasteiger partial charge in [0.1, 0.15) is 0 Å². The van der Waals surface area contributed by atoms with Crippen molar-refractivity contribution in [3.8, 4) is 0 Å². The van der Waals surface area contributed by atoms with Crippen molar-refractivity contribution >= 4 is 28.2 Å². The van der Waals surface area contributed by atoms with Crippen LogP contribution in [-0.2, 0) is 11.2 Å². The number of amides is 1. The molecule has 4 nitrogen and oxygen atoms in total. The summed E-state index contributed by atoms with van der Waals surface area (Å²) < 4.78 is 0. The van der Waals surface area contributed by atoms with Crippen LogP contribution < -0.4 is 10.2 Å². The van der Waals surface area contributed by atoms with E-state index in [2.05, 4.69) is 53.3 Å². The van der Waals surface area contributed by atoms with E-state index >= 15 is 0 Å². The number of aryl methyl sites for hydroxylation is 1. The smallest absolute Gasteiger partial charge is 0.224 e. The molecule has 3 rings (SSSR count). The molecule has 0 unspecified atom stereocenters. The van der Waals surface area contributed by atoms with Crippen LogP contribution >= 0.6 is 0 Å². The number of nitrogens with one attached hydrogen (secondary N) is 2. The lowest BCUT2D eigenvalue weighted by atomic mass is 10.1. The number of aromatic nitrogens is 1. The zero-order chi connectivity index (χ0) is 17.6. The van der Waals surface area contributed by atoms with Crippen LogP contribution in [-0.4, -0.2) is 24.0 Å². The van der Waals surface area contributed by atoms with Gasteiger partial charge in [0, 0.05) is 48.0 Å². The second kappa shape index (κ2) is 7.88. The molecule has 4 heteroatoms. The van der Waals surface area contributed by atoms with Gasteiger partial charge in [-0.05, 0) is 56.2 Å². The molecule has 1 heterocycles. The summed E-state index contributed by atoms with van der Waals surface area (Å²) in [4.78, 5) is 17.8. The number of carbonyl (C=O) groups is 1. The zero-order valence-corrected chi connectivity index (χ0v) is 14.9. The Morgan fingerprint density at radius 2 is 1.76 bits per heavy atom. The van der Waals surface area contributed by atoms with Crippen molar-refractivity contribution in [2.75, 3.05) is 23.3 Å². The maximum Gasteiger partial charge on any atom is 0.224 e. The average molecular weight is 335 g/mol. The van der Waals surface area contributed by atoms with Gasteiger partial charge in [0.05, 0.1) is 0 Å². The highest BCUT2D eigenvalue weighted by molar-refractivity contribution is 5.91. The Kier molecular flexibility index (Phi) is 5.39. The fraction of sp³-hybridized carbons (Fsp3) is 0.286. The predicted molar refractivity (Wildman–Crippen MR) is 105 cm³/mol. The average Bonchev–Trinajstić information content (AvgIpc) is 3.06. The van der Waals surface area contributed by atoms with Gasteiger partial charge >= 0.3 is 0 Å². The Morgan fingerprint density at radius 3 is 2.48 bits per heavy atom. The highest BCUT2D eigenvalue weighted by Crippen LogP contribution is 2.20. The Hall–Kier alpha value is -2.75. The lowest BCUT2D eigenvalue weighted by molar-refractivity contribution is -0.116. The van der Waals surface area contributed by atoms with Crippen LogP contribution in [0.15, 0.2) is 54.7 Å². The molecule has 25 heavy (non-hydrogen) atoms. The fourth-order valence-corrected chi connectivity index (χ4v) is 3.15. The molecule has 0 fully saturated rings. The lowest BCUT2D eigenvalue weighted by Crippen LogP contribution is -2.21. The molecule has 0 aliphatic rings. The number of fused-ring (bicyclic) bond motifs is 1. The van der Waals surface area contributed by atoms with E-state index in [1.807, 2.05) is 30.5 Å². The van der Waals surface area contributed by atoms with Gasteiger partial charge < -0.3 is 15.2 Å². The van der Waals surface area contributed by atoms with E-state index in [1.54, 1.807) is 0 Å². The second-order valence-electron chi connectivity index (χ2n) is 6.13. The standard InChI is InChI=1S/C21H25N3O/c1-3-24(4-2)18-12-10-17(11-13-18)23-21(25)14-9-16-15-22-20-8-6-5-7-19(16)20/h5-8,10-13,15,22H,3-4,9,14H2,1-2H3,(H,23,25). The molecule has 1 amide bonds. The summed E-state index contributed by atoms with van der Waals surface area (Å²) in [7, 11) is 0. The van der Waals surface area contributed by atoms with Gasteiger partial charge in [-0.15, -0.1) is 0 Å². The van der Waals surface area contributed by atoms with E-state index in [9.17, 15) is 4.79 Å². The normalized spacial score (nSPS) is 10.8. The Morgan fingerprint density at radius 1 is 1.04 bits per heavy atom. The molecular weight excluding hydrogens is 310 g/mol. The van der Waals surface area contributed by atoms with E-state index < -0.39 is 0 Å². The van der Waals surface area contributed by atoms with Gasteiger partial charge in [-0.3, -0.25) is 4.79 Å². The maximum absolute atomic E-state index is 12.2. The number of aromatic amines is 1. The number of benzene rings is 2. The van der Waals surface area contributed by atoms with E-state index in [0.717, 1.165) is 30.7 Å². The third-order valence-corrected chi connectivity index (χ3v) is 4.58. The van der Waals surface area contributed by atoms with Crippen LogP contribution in [0.5, 0.6) is 0 Å². The minimum absolute atomic E-state index is 0.0425. The molecule has 0 saturated carbocycles. The Bertz CT molecular complexity index is 832. The van der Waals surface area contributed by atoms with Crippen LogP contribution in [0.3, 0.4) is 0 Å². The van der Waals surface area contributed by atoms with E-state index in [1.165, 1.54) is 16.6 Å². The van der Waals surface area contributed by atoms with Gasteiger partial charge in [0.25, 0.3) is 0 Å². The minimum atomic E-state index is 0.0425. The maximum atomic E-state index is 12.2. The van der Waals surface area contributed by atoms with Crippen molar-refractivity contribution in [2.24, 2.45) is 0 Å². The molecule has 3 aromatic rings. The van der Waals surface area contributed by atoms with Gasteiger partial charge in [0.2, 0.25) is 5.91 Å². The highest BCUT2D eigenvalue weighted by atomic mass is 16.1. The first-order chi connectivity index (χ1) is 12.2. The molecule has 0 atom stereocenters. The van der Waals surface area contributed by atoms with E-state index in [0.29, 0.717) is 6.42 Å². The van der Waals surface area contributed by atoms with Crippen molar-refractivity contribution in [1.29, 1.82) is 0 Å². The van der Waals surface area contributed by atoms with Crippen molar-refractivity contribution in [3.05, 3.63) is 60.3 Å². The van der Waals surface area contributed by atoms with Crippen LogP contribution in [0.25, 0.3) is 10.9 Å². The van der Waals surface area contributed by atoms with Gasteiger partial charge in [-0.1, -0.05) is 18.2 Å². The molecule has 0 bridgehead atoms. The number of carbonyl (C=O) groups excluding carboxylic acids is 1. The van der Waals surface area contributed by atoms with Crippen molar-refractivity contribution in [2.45, 2.75) is 26.7 Å². The number of para-hydroxylation sites is 1. The largest absolute Gasteiger partial charge is 0.372 e. The monoisotopic (exact) mass is 335 g/mol. The molecule has 2 aromatic carbocycles. The van der Waals surface area contributed by atoms with Crippen molar-refractivity contribution < 1.29 is 4.79 Å². The van der Waals surface area contributed by atoms with Crippen LogP contribution in [0.2, 0.25) is 0 Å². The first-order valence-electron chi connectivity index (χ1n) is 8.91. The highest BCUT2D eigenvalue weighted by Gasteiger charge is 2.08. The summed E-state index contributed by atoms with van der Waals surface area (Å²) >= 11 is 0. The summed E-state index contributed by atoms with van der Waals surface area (Å²) in [6, 6.07) is 16.2. The van der Waals surface area contributed by atoms with Gasteiger partial charge in [-0.25, -0.2) is 0 Å². The summed E-state index contributed by atoms with van der Waals surface area (Å²) in [6.07, 6.45) is 3.20. The van der Waals surface area contributed by atoms with Crippen LogP contribution in [0, 0.1) is 0 Å². The quantitative estimate of drug-likeness (QED) is 0.663. The molecule has 0 spiro atoms. The molecular formula is C21H25N3O. The fourth-order valence-electron chi connectivity index (χ4n) is 3.15. The molecule has 0 radical (unpaired) electrons. The minimum Gasteiger partial charge on any atom is -0.372 e. The number of hydrogen-bond acceptors (Lipinski definition) is 2. The molecule has 2 N–H and O–H groups in total. The number of anilines is 2. The first-order valence-corrected chi connectivity index (χ1v) is 8.91. The summed E-state index contributed by atoms with van der Waals surface area (Å²) in [5, 5.41) is 4.18. The first kappa shape index (κ1) is 17.1. The van der Waals surface area contributed by atoms with Crippen LogP contribution in [0.4, 0.5) is 11.4 Å². The SMILES string of the molecule is CCN(CC)c1ccc(NC(=O)CCc2c[nH]c3ccccc23)cc1. The number of H-pyrrole nitrogens is 1. The number of rotatable bonds is 7. The molecule has 130 valence electrons. The zero-order valence-electron chi connectivity index (χ0n) is 14.9. The summed E-state index contributed by atoms with van der Waals surface area (Å²) in [6.45, 7) is 6.24.